The Morgan fingerprint density at radius 1 is 1.65 bits per heavy atom. The van der Waals surface area contributed by atoms with E-state index in [-0.39, 0.29) is 6.10 Å². The van der Waals surface area contributed by atoms with Crippen LogP contribution in [0.2, 0.25) is 0 Å². The average Bonchev–Trinajstić information content (AvgIpc) is 2.62. The monoisotopic (exact) mass is 236 g/mol. The van der Waals surface area contributed by atoms with Crippen LogP contribution >= 0.6 is 0 Å². The first-order valence-electron chi connectivity index (χ1n) is 6.06. The molecule has 1 fully saturated rings. The zero-order valence-corrected chi connectivity index (χ0v) is 10.4. The SMILES string of the molecule is Cc1ccncc1CNCC1(O)CCOC1C. The Morgan fingerprint density at radius 2 is 2.47 bits per heavy atom. The van der Waals surface area contributed by atoms with Crippen molar-refractivity contribution in [3.8, 4) is 0 Å². The van der Waals surface area contributed by atoms with Gasteiger partial charge in [-0.2, -0.15) is 0 Å². The lowest BCUT2D eigenvalue weighted by Gasteiger charge is -2.26. The van der Waals surface area contributed by atoms with Crippen LogP contribution in [-0.4, -0.2) is 34.9 Å². The average molecular weight is 236 g/mol. The van der Waals surface area contributed by atoms with Crippen LogP contribution in [-0.2, 0) is 11.3 Å². The maximum atomic E-state index is 10.3. The summed E-state index contributed by atoms with van der Waals surface area (Å²) in [5.74, 6) is 0. The molecule has 4 nitrogen and oxygen atoms in total. The van der Waals surface area contributed by atoms with Gasteiger partial charge in [-0.15, -0.1) is 0 Å². The molecule has 1 aromatic heterocycles. The van der Waals surface area contributed by atoms with Crippen LogP contribution in [0, 0.1) is 6.92 Å². The lowest BCUT2D eigenvalue weighted by Crippen LogP contribution is -2.45. The van der Waals surface area contributed by atoms with Gasteiger partial charge in [-0.25, -0.2) is 0 Å². The predicted molar refractivity (Wildman–Crippen MR) is 65.7 cm³/mol. The Morgan fingerprint density at radius 3 is 3.12 bits per heavy atom. The molecule has 0 bridgehead atoms. The fourth-order valence-corrected chi connectivity index (χ4v) is 2.10. The number of aryl methyl sites for hydroxylation is 1. The summed E-state index contributed by atoms with van der Waals surface area (Å²) in [6, 6.07) is 1.99. The largest absolute Gasteiger partial charge is 0.386 e. The number of hydrogen-bond acceptors (Lipinski definition) is 4. The number of pyridine rings is 1. The third-order valence-electron chi connectivity index (χ3n) is 3.55. The fourth-order valence-electron chi connectivity index (χ4n) is 2.10. The molecule has 2 atom stereocenters. The van der Waals surface area contributed by atoms with E-state index in [1.54, 1.807) is 6.20 Å². The Kier molecular flexibility index (Phi) is 3.76. The number of aromatic nitrogens is 1. The van der Waals surface area contributed by atoms with Gasteiger partial charge in [0, 0.05) is 38.5 Å². The summed E-state index contributed by atoms with van der Waals surface area (Å²) in [6.45, 7) is 5.92. The van der Waals surface area contributed by atoms with Crippen molar-refractivity contribution in [1.29, 1.82) is 0 Å². The first-order valence-corrected chi connectivity index (χ1v) is 6.06. The summed E-state index contributed by atoms with van der Waals surface area (Å²) in [5, 5.41) is 13.6. The van der Waals surface area contributed by atoms with Gasteiger partial charge >= 0.3 is 0 Å². The third kappa shape index (κ3) is 2.83. The van der Waals surface area contributed by atoms with Crippen LogP contribution in [0.1, 0.15) is 24.5 Å². The lowest BCUT2D eigenvalue weighted by atomic mass is 9.96. The van der Waals surface area contributed by atoms with Gasteiger partial charge in [-0.3, -0.25) is 4.98 Å². The highest BCUT2D eigenvalue weighted by atomic mass is 16.5. The van der Waals surface area contributed by atoms with Crippen LogP contribution in [0.25, 0.3) is 0 Å². The summed E-state index contributed by atoms with van der Waals surface area (Å²) < 4.78 is 5.39. The molecule has 2 rings (SSSR count). The summed E-state index contributed by atoms with van der Waals surface area (Å²) in [4.78, 5) is 4.10. The van der Waals surface area contributed by atoms with Gasteiger partial charge < -0.3 is 15.2 Å². The van der Waals surface area contributed by atoms with Gasteiger partial charge in [-0.1, -0.05) is 0 Å². The Labute approximate surface area is 102 Å². The molecule has 0 aromatic carbocycles. The highest BCUT2D eigenvalue weighted by Gasteiger charge is 2.38. The van der Waals surface area contributed by atoms with Gasteiger partial charge in [0.05, 0.1) is 6.10 Å². The molecule has 2 heterocycles. The maximum Gasteiger partial charge on any atom is 0.105 e. The molecule has 1 aliphatic heterocycles. The van der Waals surface area contributed by atoms with Crippen molar-refractivity contribution in [2.45, 2.75) is 38.5 Å². The van der Waals surface area contributed by atoms with Gasteiger partial charge in [0.2, 0.25) is 0 Å². The molecular formula is C13H20N2O2. The number of nitrogens with zero attached hydrogens (tertiary/aromatic N) is 1. The standard InChI is InChI=1S/C13H20N2O2/c1-10-3-5-14-7-12(10)8-15-9-13(16)4-6-17-11(13)2/h3,5,7,11,15-16H,4,6,8-9H2,1-2H3. The van der Waals surface area contributed by atoms with E-state index < -0.39 is 5.60 Å². The van der Waals surface area contributed by atoms with Crippen molar-refractivity contribution in [1.82, 2.24) is 10.3 Å². The van der Waals surface area contributed by atoms with E-state index in [1.807, 2.05) is 19.2 Å². The van der Waals surface area contributed by atoms with Crippen molar-refractivity contribution in [2.24, 2.45) is 0 Å². The van der Waals surface area contributed by atoms with Crippen molar-refractivity contribution in [2.75, 3.05) is 13.2 Å². The van der Waals surface area contributed by atoms with Crippen LogP contribution in [0.4, 0.5) is 0 Å². The highest BCUT2D eigenvalue weighted by molar-refractivity contribution is 5.21. The minimum absolute atomic E-state index is 0.0926. The second-order valence-corrected chi connectivity index (χ2v) is 4.77. The second-order valence-electron chi connectivity index (χ2n) is 4.77. The van der Waals surface area contributed by atoms with Gasteiger partial charge in [0.15, 0.2) is 0 Å². The Balaban J connectivity index is 1.86. The van der Waals surface area contributed by atoms with E-state index in [0.717, 1.165) is 6.54 Å². The first-order chi connectivity index (χ1) is 8.12. The molecule has 1 aromatic rings. The van der Waals surface area contributed by atoms with Crippen LogP contribution < -0.4 is 5.32 Å². The maximum absolute atomic E-state index is 10.3. The molecule has 2 unspecified atom stereocenters. The zero-order chi connectivity index (χ0) is 12.3. The molecule has 94 valence electrons. The predicted octanol–water partition coefficient (Wildman–Crippen LogP) is 1.02. The van der Waals surface area contributed by atoms with Crippen LogP contribution in [0.3, 0.4) is 0 Å². The third-order valence-corrected chi connectivity index (χ3v) is 3.55. The molecule has 1 saturated heterocycles. The quantitative estimate of drug-likeness (QED) is 0.819. The second kappa shape index (κ2) is 5.12. The molecule has 0 saturated carbocycles. The van der Waals surface area contributed by atoms with Crippen LogP contribution in [0.5, 0.6) is 0 Å². The smallest absolute Gasteiger partial charge is 0.105 e. The molecular weight excluding hydrogens is 216 g/mol. The molecule has 1 aliphatic rings. The zero-order valence-electron chi connectivity index (χ0n) is 10.4. The highest BCUT2D eigenvalue weighted by Crippen LogP contribution is 2.24. The minimum Gasteiger partial charge on any atom is -0.386 e. The summed E-state index contributed by atoms with van der Waals surface area (Å²) in [5.41, 5.74) is 1.66. The molecule has 17 heavy (non-hydrogen) atoms. The molecule has 0 radical (unpaired) electrons. The normalized spacial score (nSPS) is 28.5. The molecule has 0 aliphatic carbocycles. The molecule has 0 amide bonds. The molecule has 4 heteroatoms. The van der Waals surface area contributed by atoms with Crippen LogP contribution in [0.15, 0.2) is 18.5 Å². The van der Waals surface area contributed by atoms with E-state index in [1.165, 1.54) is 11.1 Å². The minimum atomic E-state index is -0.726. The topological polar surface area (TPSA) is 54.4 Å². The van der Waals surface area contributed by atoms with Crippen molar-refractivity contribution < 1.29 is 9.84 Å². The Bertz CT molecular complexity index is 383. The summed E-state index contributed by atoms with van der Waals surface area (Å²) in [7, 11) is 0. The van der Waals surface area contributed by atoms with Gasteiger partial charge in [-0.05, 0) is 31.0 Å². The number of nitrogens with one attached hydrogen (secondary N) is 1. The van der Waals surface area contributed by atoms with E-state index in [9.17, 15) is 5.11 Å². The van der Waals surface area contributed by atoms with E-state index in [4.69, 9.17) is 4.74 Å². The number of aliphatic hydroxyl groups is 1. The summed E-state index contributed by atoms with van der Waals surface area (Å²) in [6.07, 6.45) is 4.26. The van der Waals surface area contributed by atoms with E-state index in [2.05, 4.69) is 17.2 Å². The van der Waals surface area contributed by atoms with Gasteiger partial charge in [0.1, 0.15) is 5.60 Å². The number of hydrogen-bond donors (Lipinski definition) is 2. The van der Waals surface area contributed by atoms with Crippen molar-refractivity contribution >= 4 is 0 Å². The van der Waals surface area contributed by atoms with Gasteiger partial charge in [0.25, 0.3) is 0 Å². The van der Waals surface area contributed by atoms with Crippen molar-refractivity contribution in [3.05, 3.63) is 29.6 Å². The fraction of sp³-hybridized carbons (Fsp3) is 0.615. The van der Waals surface area contributed by atoms with E-state index in [0.29, 0.717) is 19.6 Å². The lowest BCUT2D eigenvalue weighted by molar-refractivity contribution is -0.0263. The summed E-state index contributed by atoms with van der Waals surface area (Å²) >= 11 is 0. The van der Waals surface area contributed by atoms with Crippen molar-refractivity contribution in [3.63, 3.8) is 0 Å². The molecule has 0 spiro atoms. The molecule has 2 N–H and O–H groups in total. The van der Waals surface area contributed by atoms with E-state index >= 15 is 0 Å². The number of ether oxygens (including phenoxy) is 1. The Hall–Kier alpha value is -0.970. The first kappa shape index (κ1) is 12.5. The number of rotatable bonds is 4.